The molecule has 1 nitrogen and oxygen atoms in total. The molecule has 0 amide bonds. The predicted molar refractivity (Wildman–Crippen MR) is 73.9 cm³/mol. The van der Waals surface area contributed by atoms with Crippen LogP contribution in [0, 0.1) is 28.8 Å². The lowest BCUT2D eigenvalue weighted by Gasteiger charge is -2.35. The van der Waals surface area contributed by atoms with Crippen molar-refractivity contribution in [2.24, 2.45) is 11.3 Å². The molecular formula is C16H22F3N. The van der Waals surface area contributed by atoms with E-state index in [-0.39, 0.29) is 22.9 Å². The highest BCUT2D eigenvalue weighted by atomic mass is 19.2. The summed E-state index contributed by atoms with van der Waals surface area (Å²) in [4.78, 5) is 0. The Labute approximate surface area is 118 Å². The number of rotatable bonds is 4. The molecule has 0 saturated heterocycles. The van der Waals surface area contributed by atoms with Crippen LogP contribution in [0.15, 0.2) is 12.1 Å². The number of nitrogens with one attached hydrogen (secondary N) is 1. The highest BCUT2D eigenvalue weighted by Crippen LogP contribution is 2.49. The minimum absolute atomic E-state index is 0.0736. The van der Waals surface area contributed by atoms with E-state index in [1.807, 2.05) is 6.92 Å². The monoisotopic (exact) mass is 285 g/mol. The first-order chi connectivity index (χ1) is 9.38. The fraction of sp³-hybridized carbons (Fsp3) is 0.625. The van der Waals surface area contributed by atoms with Gasteiger partial charge in [-0.15, -0.1) is 0 Å². The van der Waals surface area contributed by atoms with Crippen molar-refractivity contribution in [1.29, 1.82) is 0 Å². The van der Waals surface area contributed by atoms with Gasteiger partial charge in [-0.05, 0) is 36.8 Å². The average molecular weight is 285 g/mol. The first-order valence-corrected chi connectivity index (χ1v) is 7.25. The lowest BCUT2D eigenvalue weighted by Crippen LogP contribution is -2.34. The van der Waals surface area contributed by atoms with E-state index in [0.717, 1.165) is 25.3 Å². The summed E-state index contributed by atoms with van der Waals surface area (Å²) in [6.07, 6.45) is 3.14. The SMILES string of the molecule is CCNC(c1ccc(F)c(F)c1F)C1CCCC1(C)C. The minimum Gasteiger partial charge on any atom is -0.310 e. The van der Waals surface area contributed by atoms with Gasteiger partial charge in [-0.1, -0.05) is 33.3 Å². The van der Waals surface area contributed by atoms with Crippen LogP contribution in [0.3, 0.4) is 0 Å². The van der Waals surface area contributed by atoms with Gasteiger partial charge in [-0.3, -0.25) is 0 Å². The van der Waals surface area contributed by atoms with Crippen LogP contribution in [0.25, 0.3) is 0 Å². The first-order valence-electron chi connectivity index (χ1n) is 7.25. The van der Waals surface area contributed by atoms with Crippen molar-refractivity contribution in [1.82, 2.24) is 5.32 Å². The Hall–Kier alpha value is -1.03. The molecule has 1 aliphatic carbocycles. The summed E-state index contributed by atoms with van der Waals surface area (Å²) in [6.45, 7) is 6.92. The van der Waals surface area contributed by atoms with E-state index < -0.39 is 17.5 Å². The second-order valence-corrected chi connectivity index (χ2v) is 6.29. The third-order valence-corrected chi connectivity index (χ3v) is 4.57. The molecule has 0 aliphatic heterocycles. The van der Waals surface area contributed by atoms with Crippen molar-refractivity contribution >= 4 is 0 Å². The molecule has 1 aromatic rings. The maximum atomic E-state index is 14.1. The van der Waals surface area contributed by atoms with Gasteiger partial charge in [0.1, 0.15) is 0 Å². The standard InChI is InChI=1S/C16H22F3N/c1-4-20-15(11-6-5-9-16(11,2)3)10-7-8-12(17)14(19)13(10)18/h7-8,11,15,20H,4-6,9H2,1-3H3. The lowest BCUT2D eigenvalue weighted by atomic mass is 9.75. The number of benzene rings is 1. The van der Waals surface area contributed by atoms with Crippen LogP contribution in [0.2, 0.25) is 0 Å². The summed E-state index contributed by atoms with van der Waals surface area (Å²) in [5.74, 6) is -3.34. The van der Waals surface area contributed by atoms with Gasteiger partial charge >= 0.3 is 0 Å². The molecule has 1 aromatic carbocycles. The second-order valence-electron chi connectivity index (χ2n) is 6.29. The molecule has 0 heterocycles. The largest absolute Gasteiger partial charge is 0.310 e. The summed E-state index contributed by atoms with van der Waals surface area (Å²) >= 11 is 0. The van der Waals surface area contributed by atoms with Gasteiger partial charge in [0.25, 0.3) is 0 Å². The summed E-state index contributed by atoms with van der Waals surface area (Å²) in [5, 5.41) is 3.25. The Bertz CT molecular complexity index is 485. The molecule has 1 aliphatic rings. The molecule has 2 unspecified atom stereocenters. The minimum atomic E-state index is -1.37. The van der Waals surface area contributed by atoms with Crippen LogP contribution in [-0.2, 0) is 0 Å². The molecule has 2 rings (SSSR count). The molecule has 2 atom stereocenters. The van der Waals surface area contributed by atoms with E-state index in [4.69, 9.17) is 0 Å². The smallest absolute Gasteiger partial charge is 0.194 e. The van der Waals surface area contributed by atoms with E-state index >= 15 is 0 Å². The zero-order valence-corrected chi connectivity index (χ0v) is 12.3. The predicted octanol–water partition coefficient (Wildman–Crippen LogP) is 4.58. The zero-order valence-electron chi connectivity index (χ0n) is 12.3. The molecule has 4 heteroatoms. The van der Waals surface area contributed by atoms with E-state index in [2.05, 4.69) is 19.2 Å². The Morgan fingerprint density at radius 1 is 1.25 bits per heavy atom. The van der Waals surface area contributed by atoms with Crippen LogP contribution in [0.4, 0.5) is 13.2 Å². The van der Waals surface area contributed by atoms with Crippen molar-refractivity contribution in [3.05, 3.63) is 35.1 Å². The summed E-state index contributed by atoms with van der Waals surface area (Å²) in [7, 11) is 0. The molecule has 0 radical (unpaired) electrons. The highest BCUT2D eigenvalue weighted by Gasteiger charge is 2.41. The molecule has 1 N–H and O–H groups in total. The molecule has 0 spiro atoms. The maximum Gasteiger partial charge on any atom is 0.194 e. The second kappa shape index (κ2) is 5.76. The van der Waals surface area contributed by atoms with Crippen molar-refractivity contribution in [3.8, 4) is 0 Å². The van der Waals surface area contributed by atoms with Crippen LogP contribution >= 0.6 is 0 Å². The van der Waals surface area contributed by atoms with E-state index in [1.165, 1.54) is 6.07 Å². The van der Waals surface area contributed by atoms with Crippen molar-refractivity contribution in [2.75, 3.05) is 6.54 Å². The van der Waals surface area contributed by atoms with Crippen molar-refractivity contribution in [3.63, 3.8) is 0 Å². The summed E-state index contributed by atoms with van der Waals surface area (Å²) in [6, 6.07) is 2.11. The number of hydrogen-bond donors (Lipinski definition) is 1. The Morgan fingerprint density at radius 3 is 2.50 bits per heavy atom. The molecule has 1 fully saturated rings. The molecule has 112 valence electrons. The number of halogens is 3. The Morgan fingerprint density at radius 2 is 1.95 bits per heavy atom. The normalized spacial score (nSPS) is 23.0. The molecule has 1 saturated carbocycles. The third kappa shape index (κ3) is 2.71. The summed E-state index contributed by atoms with van der Waals surface area (Å²) in [5.41, 5.74) is 0.315. The van der Waals surface area contributed by atoms with E-state index in [1.54, 1.807) is 0 Å². The quantitative estimate of drug-likeness (QED) is 0.798. The van der Waals surface area contributed by atoms with Gasteiger partial charge in [-0.25, -0.2) is 13.2 Å². The van der Waals surface area contributed by atoms with Crippen molar-refractivity contribution < 1.29 is 13.2 Å². The fourth-order valence-corrected chi connectivity index (χ4v) is 3.44. The lowest BCUT2D eigenvalue weighted by molar-refractivity contribution is 0.195. The maximum absolute atomic E-state index is 14.1. The molecule has 20 heavy (non-hydrogen) atoms. The van der Waals surface area contributed by atoms with E-state index in [0.29, 0.717) is 6.54 Å². The van der Waals surface area contributed by atoms with Crippen LogP contribution < -0.4 is 5.32 Å². The molecule has 0 bridgehead atoms. The van der Waals surface area contributed by atoms with Crippen LogP contribution in [0.5, 0.6) is 0 Å². The van der Waals surface area contributed by atoms with Gasteiger partial charge < -0.3 is 5.32 Å². The highest BCUT2D eigenvalue weighted by molar-refractivity contribution is 5.25. The molecule has 0 aromatic heterocycles. The zero-order chi connectivity index (χ0) is 14.9. The van der Waals surface area contributed by atoms with E-state index in [9.17, 15) is 13.2 Å². The van der Waals surface area contributed by atoms with Crippen molar-refractivity contribution in [2.45, 2.75) is 46.1 Å². The fourth-order valence-electron chi connectivity index (χ4n) is 3.44. The number of hydrogen-bond acceptors (Lipinski definition) is 1. The van der Waals surface area contributed by atoms with Gasteiger partial charge in [0.2, 0.25) is 0 Å². The topological polar surface area (TPSA) is 12.0 Å². The average Bonchev–Trinajstić information content (AvgIpc) is 2.74. The first kappa shape index (κ1) is 15.4. The third-order valence-electron chi connectivity index (χ3n) is 4.57. The van der Waals surface area contributed by atoms with Crippen LogP contribution in [0.1, 0.15) is 51.6 Å². The van der Waals surface area contributed by atoms with Gasteiger partial charge in [0, 0.05) is 11.6 Å². The van der Waals surface area contributed by atoms with Gasteiger partial charge in [-0.2, -0.15) is 0 Å². The Kier molecular flexibility index (Phi) is 4.43. The van der Waals surface area contributed by atoms with Gasteiger partial charge in [0.05, 0.1) is 0 Å². The molecular weight excluding hydrogens is 263 g/mol. The van der Waals surface area contributed by atoms with Gasteiger partial charge in [0.15, 0.2) is 17.5 Å². The Balaban J connectivity index is 2.41. The summed E-state index contributed by atoms with van der Waals surface area (Å²) < 4.78 is 40.7. The van der Waals surface area contributed by atoms with Crippen LogP contribution in [-0.4, -0.2) is 6.54 Å².